The van der Waals surface area contributed by atoms with Crippen LogP contribution in [0.4, 0.5) is 0 Å². The predicted molar refractivity (Wildman–Crippen MR) is 56.4 cm³/mol. The van der Waals surface area contributed by atoms with Gasteiger partial charge in [-0.1, -0.05) is 5.16 Å². The van der Waals surface area contributed by atoms with Crippen LogP contribution >= 0.6 is 0 Å². The second-order valence-corrected chi connectivity index (χ2v) is 4.26. The molecule has 1 N–H and O–H groups in total. The zero-order valence-electron chi connectivity index (χ0n) is 9.53. The van der Waals surface area contributed by atoms with E-state index in [1.54, 1.807) is 0 Å². The molecule has 2 rings (SSSR count). The maximum atomic E-state index is 5.14. The standard InChI is InChI=1S/C10H18N4O/c1-7-4-11-5-8(2)14(7)6-10-12-9(3)13-15-10/h7-8,11H,4-6H2,1-3H3. The largest absolute Gasteiger partial charge is 0.338 e. The van der Waals surface area contributed by atoms with Gasteiger partial charge in [-0.3, -0.25) is 4.90 Å². The van der Waals surface area contributed by atoms with Crippen molar-refractivity contribution in [2.75, 3.05) is 13.1 Å². The Morgan fingerprint density at radius 1 is 1.40 bits per heavy atom. The zero-order chi connectivity index (χ0) is 10.8. The van der Waals surface area contributed by atoms with Crippen molar-refractivity contribution < 1.29 is 4.52 Å². The molecule has 5 nitrogen and oxygen atoms in total. The number of aromatic nitrogens is 2. The second kappa shape index (κ2) is 4.28. The van der Waals surface area contributed by atoms with Crippen LogP contribution in [0.25, 0.3) is 0 Å². The summed E-state index contributed by atoms with van der Waals surface area (Å²) in [6.07, 6.45) is 0. The van der Waals surface area contributed by atoms with Gasteiger partial charge < -0.3 is 9.84 Å². The number of nitrogens with zero attached hydrogens (tertiary/aromatic N) is 3. The number of hydrogen-bond donors (Lipinski definition) is 1. The van der Waals surface area contributed by atoms with E-state index in [2.05, 4.69) is 34.2 Å². The third-order valence-corrected chi connectivity index (χ3v) is 2.90. The van der Waals surface area contributed by atoms with Crippen LogP contribution in [0, 0.1) is 6.92 Å². The first kappa shape index (κ1) is 10.6. The topological polar surface area (TPSA) is 54.2 Å². The molecule has 2 unspecified atom stereocenters. The molecule has 1 aliphatic rings. The molecule has 0 aliphatic carbocycles. The lowest BCUT2D eigenvalue weighted by atomic mass is 10.1. The van der Waals surface area contributed by atoms with Crippen molar-refractivity contribution in [3.8, 4) is 0 Å². The van der Waals surface area contributed by atoms with Gasteiger partial charge in [-0.2, -0.15) is 4.98 Å². The molecule has 0 radical (unpaired) electrons. The van der Waals surface area contributed by atoms with Crippen molar-refractivity contribution in [2.24, 2.45) is 0 Å². The lowest BCUT2D eigenvalue weighted by molar-refractivity contribution is 0.0947. The first-order chi connectivity index (χ1) is 7.16. The van der Waals surface area contributed by atoms with E-state index >= 15 is 0 Å². The van der Waals surface area contributed by atoms with E-state index in [0.717, 1.165) is 19.6 Å². The molecular formula is C10H18N4O. The molecule has 1 fully saturated rings. The van der Waals surface area contributed by atoms with Gasteiger partial charge in [0.25, 0.3) is 0 Å². The van der Waals surface area contributed by atoms with Crippen LogP contribution in [0.15, 0.2) is 4.52 Å². The summed E-state index contributed by atoms with van der Waals surface area (Å²) < 4.78 is 5.14. The number of aryl methyl sites for hydroxylation is 1. The molecule has 5 heteroatoms. The Labute approximate surface area is 89.8 Å². The molecule has 1 aromatic rings. The van der Waals surface area contributed by atoms with Crippen LogP contribution < -0.4 is 5.32 Å². The minimum Gasteiger partial charge on any atom is -0.338 e. The number of hydrogen-bond acceptors (Lipinski definition) is 5. The molecule has 0 amide bonds. The molecular weight excluding hydrogens is 192 g/mol. The molecule has 0 bridgehead atoms. The van der Waals surface area contributed by atoms with Crippen LogP contribution in [0.3, 0.4) is 0 Å². The summed E-state index contributed by atoms with van der Waals surface area (Å²) in [7, 11) is 0. The van der Waals surface area contributed by atoms with Gasteiger partial charge in [-0.25, -0.2) is 0 Å². The van der Waals surface area contributed by atoms with Crippen LogP contribution in [0.5, 0.6) is 0 Å². The fourth-order valence-electron chi connectivity index (χ4n) is 2.04. The lowest BCUT2D eigenvalue weighted by Crippen LogP contribution is -2.54. The first-order valence-electron chi connectivity index (χ1n) is 5.42. The monoisotopic (exact) mass is 210 g/mol. The molecule has 15 heavy (non-hydrogen) atoms. The SMILES string of the molecule is Cc1noc(CN2C(C)CNCC2C)n1. The normalized spacial score (nSPS) is 28.2. The summed E-state index contributed by atoms with van der Waals surface area (Å²) in [6, 6.07) is 1.03. The predicted octanol–water partition coefficient (Wildman–Crippen LogP) is 0.560. The quantitative estimate of drug-likeness (QED) is 0.773. The van der Waals surface area contributed by atoms with Gasteiger partial charge in [0.2, 0.25) is 5.89 Å². The van der Waals surface area contributed by atoms with Crippen molar-refractivity contribution in [1.82, 2.24) is 20.4 Å². The Morgan fingerprint density at radius 2 is 2.07 bits per heavy atom. The Morgan fingerprint density at radius 3 is 2.60 bits per heavy atom. The minimum atomic E-state index is 0.515. The van der Waals surface area contributed by atoms with Gasteiger partial charge in [0.1, 0.15) is 0 Å². The number of nitrogens with one attached hydrogen (secondary N) is 1. The Hall–Kier alpha value is -0.940. The van der Waals surface area contributed by atoms with E-state index in [4.69, 9.17) is 4.52 Å². The highest BCUT2D eigenvalue weighted by molar-refractivity contribution is 4.88. The van der Waals surface area contributed by atoms with E-state index in [9.17, 15) is 0 Å². The van der Waals surface area contributed by atoms with Crippen molar-refractivity contribution in [3.63, 3.8) is 0 Å². The first-order valence-corrected chi connectivity index (χ1v) is 5.42. The molecule has 0 aromatic carbocycles. The van der Waals surface area contributed by atoms with E-state index in [-0.39, 0.29) is 0 Å². The van der Waals surface area contributed by atoms with Gasteiger partial charge in [0.05, 0.1) is 6.54 Å². The van der Waals surface area contributed by atoms with Gasteiger partial charge in [0, 0.05) is 25.2 Å². The third-order valence-electron chi connectivity index (χ3n) is 2.90. The third kappa shape index (κ3) is 2.35. The smallest absolute Gasteiger partial charge is 0.240 e. The summed E-state index contributed by atoms with van der Waals surface area (Å²) in [5.74, 6) is 1.42. The van der Waals surface area contributed by atoms with Crippen molar-refractivity contribution in [3.05, 3.63) is 11.7 Å². The van der Waals surface area contributed by atoms with E-state index in [1.165, 1.54) is 0 Å². The molecule has 1 aliphatic heterocycles. The Bertz CT molecular complexity index is 315. The van der Waals surface area contributed by atoms with Crippen molar-refractivity contribution in [1.29, 1.82) is 0 Å². The summed E-state index contributed by atoms with van der Waals surface area (Å²) in [4.78, 5) is 6.63. The zero-order valence-corrected chi connectivity index (χ0v) is 9.53. The van der Waals surface area contributed by atoms with Crippen molar-refractivity contribution in [2.45, 2.75) is 39.4 Å². The van der Waals surface area contributed by atoms with Gasteiger partial charge >= 0.3 is 0 Å². The molecule has 0 spiro atoms. The van der Waals surface area contributed by atoms with Crippen molar-refractivity contribution >= 4 is 0 Å². The highest BCUT2D eigenvalue weighted by atomic mass is 16.5. The highest BCUT2D eigenvalue weighted by Crippen LogP contribution is 2.13. The molecule has 1 aromatic heterocycles. The Balaban J connectivity index is 2.03. The fourth-order valence-corrected chi connectivity index (χ4v) is 2.04. The van der Waals surface area contributed by atoms with E-state index < -0.39 is 0 Å². The number of rotatable bonds is 2. The molecule has 1 saturated heterocycles. The highest BCUT2D eigenvalue weighted by Gasteiger charge is 2.25. The maximum Gasteiger partial charge on any atom is 0.240 e. The van der Waals surface area contributed by atoms with Crippen LogP contribution in [0.2, 0.25) is 0 Å². The summed E-state index contributed by atoms with van der Waals surface area (Å²) in [6.45, 7) is 9.08. The van der Waals surface area contributed by atoms with Crippen LogP contribution in [0.1, 0.15) is 25.6 Å². The van der Waals surface area contributed by atoms with E-state index in [0.29, 0.717) is 23.8 Å². The maximum absolute atomic E-state index is 5.14. The second-order valence-electron chi connectivity index (χ2n) is 4.26. The van der Waals surface area contributed by atoms with E-state index in [1.807, 2.05) is 6.92 Å². The average Bonchev–Trinajstić information content (AvgIpc) is 2.58. The van der Waals surface area contributed by atoms with Gasteiger partial charge in [0.15, 0.2) is 5.82 Å². The van der Waals surface area contributed by atoms with Crippen LogP contribution in [-0.4, -0.2) is 40.2 Å². The summed E-state index contributed by atoms with van der Waals surface area (Å²) >= 11 is 0. The summed E-state index contributed by atoms with van der Waals surface area (Å²) in [5.41, 5.74) is 0. The molecule has 2 heterocycles. The number of piperazine rings is 1. The average molecular weight is 210 g/mol. The molecule has 0 saturated carbocycles. The van der Waals surface area contributed by atoms with Gasteiger partial charge in [-0.05, 0) is 20.8 Å². The molecule has 2 atom stereocenters. The Kier molecular flexibility index (Phi) is 3.02. The van der Waals surface area contributed by atoms with Gasteiger partial charge in [-0.15, -0.1) is 0 Å². The lowest BCUT2D eigenvalue weighted by Gasteiger charge is -2.38. The summed E-state index contributed by atoms with van der Waals surface area (Å²) in [5, 5.41) is 7.20. The fraction of sp³-hybridized carbons (Fsp3) is 0.800. The molecule has 84 valence electrons. The minimum absolute atomic E-state index is 0.515. The van der Waals surface area contributed by atoms with Crippen LogP contribution in [-0.2, 0) is 6.54 Å².